The standard InChI is InChI=1S/C18H31NO/c1-15(2)10-12-19(13-11-16(3)4)14-17-6-8-18(20-5)9-7-17/h6-9,15-16H,10-14H2,1-5H3. The fourth-order valence-corrected chi connectivity index (χ4v) is 2.14. The van der Waals surface area contributed by atoms with Crippen LogP contribution in [0.25, 0.3) is 0 Å². The average molecular weight is 277 g/mol. The molecular formula is C18H31NO. The molecule has 2 heteroatoms. The van der Waals surface area contributed by atoms with Crippen LogP contribution in [0, 0.1) is 11.8 Å². The lowest BCUT2D eigenvalue weighted by Crippen LogP contribution is -2.27. The highest BCUT2D eigenvalue weighted by molar-refractivity contribution is 5.27. The molecule has 0 aliphatic carbocycles. The van der Waals surface area contributed by atoms with Gasteiger partial charge in [-0.15, -0.1) is 0 Å². The molecule has 1 aromatic rings. The number of nitrogens with zero attached hydrogens (tertiary/aromatic N) is 1. The van der Waals surface area contributed by atoms with Gasteiger partial charge in [-0.3, -0.25) is 4.90 Å². The van der Waals surface area contributed by atoms with Gasteiger partial charge in [-0.1, -0.05) is 39.8 Å². The van der Waals surface area contributed by atoms with Crippen LogP contribution in [0.4, 0.5) is 0 Å². The molecule has 0 saturated heterocycles. The van der Waals surface area contributed by atoms with Crippen LogP contribution < -0.4 is 4.74 Å². The van der Waals surface area contributed by atoms with Gasteiger partial charge in [0.15, 0.2) is 0 Å². The van der Waals surface area contributed by atoms with Crippen molar-refractivity contribution in [1.29, 1.82) is 0 Å². The molecular weight excluding hydrogens is 246 g/mol. The zero-order chi connectivity index (χ0) is 15.0. The van der Waals surface area contributed by atoms with Gasteiger partial charge in [0.1, 0.15) is 5.75 Å². The molecule has 0 aliphatic heterocycles. The highest BCUT2D eigenvalue weighted by atomic mass is 16.5. The molecule has 0 bridgehead atoms. The number of ether oxygens (including phenoxy) is 1. The molecule has 0 N–H and O–H groups in total. The van der Waals surface area contributed by atoms with Crippen LogP contribution in [0.15, 0.2) is 24.3 Å². The zero-order valence-electron chi connectivity index (χ0n) is 13.9. The van der Waals surface area contributed by atoms with Crippen molar-refractivity contribution in [2.75, 3.05) is 20.2 Å². The molecule has 2 nitrogen and oxygen atoms in total. The van der Waals surface area contributed by atoms with Gasteiger partial charge >= 0.3 is 0 Å². The molecule has 0 saturated carbocycles. The lowest BCUT2D eigenvalue weighted by atomic mass is 10.1. The first-order valence-corrected chi connectivity index (χ1v) is 7.86. The second-order valence-electron chi connectivity index (χ2n) is 6.49. The van der Waals surface area contributed by atoms with Crippen LogP contribution in [0.2, 0.25) is 0 Å². The number of hydrogen-bond donors (Lipinski definition) is 0. The van der Waals surface area contributed by atoms with Gasteiger partial charge in [0, 0.05) is 6.54 Å². The molecule has 1 rings (SSSR count). The van der Waals surface area contributed by atoms with Crippen LogP contribution in [0.5, 0.6) is 5.75 Å². The molecule has 0 amide bonds. The van der Waals surface area contributed by atoms with Gasteiger partial charge in [0.2, 0.25) is 0 Å². The van der Waals surface area contributed by atoms with Crippen LogP contribution in [-0.4, -0.2) is 25.1 Å². The molecule has 0 spiro atoms. The Balaban J connectivity index is 2.56. The predicted molar refractivity (Wildman–Crippen MR) is 87.2 cm³/mol. The van der Waals surface area contributed by atoms with Crippen LogP contribution in [0.3, 0.4) is 0 Å². The lowest BCUT2D eigenvalue weighted by molar-refractivity contribution is 0.235. The van der Waals surface area contributed by atoms with Gasteiger partial charge in [-0.05, 0) is 55.5 Å². The van der Waals surface area contributed by atoms with Crippen molar-refractivity contribution in [3.63, 3.8) is 0 Å². The number of methoxy groups -OCH3 is 1. The van der Waals surface area contributed by atoms with Crippen LogP contribution in [-0.2, 0) is 6.54 Å². The van der Waals surface area contributed by atoms with Gasteiger partial charge in [-0.2, -0.15) is 0 Å². The molecule has 0 heterocycles. The largest absolute Gasteiger partial charge is 0.497 e. The lowest BCUT2D eigenvalue weighted by Gasteiger charge is -2.24. The monoisotopic (exact) mass is 277 g/mol. The topological polar surface area (TPSA) is 12.5 Å². The molecule has 0 aromatic heterocycles. The fraction of sp³-hybridized carbons (Fsp3) is 0.667. The van der Waals surface area contributed by atoms with Gasteiger partial charge in [0.05, 0.1) is 7.11 Å². The van der Waals surface area contributed by atoms with Crippen molar-refractivity contribution in [2.45, 2.75) is 47.1 Å². The minimum absolute atomic E-state index is 0.771. The maximum Gasteiger partial charge on any atom is 0.118 e. The minimum Gasteiger partial charge on any atom is -0.497 e. The van der Waals surface area contributed by atoms with E-state index in [1.165, 1.54) is 31.5 Å². The van der Waals surface area contributed by atoms with E-state index >= 15 is 0 Å². The normalized spacial score (nSPS) is 11.6. The Morgan fingerprint density at radius 3 is 1.80 bits per heavy atom. The quantitative estimate of drug-likeness (QED) is 0.654. The summed E-state index contributed by atoms with van der Waals surface area (Å²) in [5.41, 5.74) is 1.37. The van der Waals surface area contributed by atoms with Crippen molar-refractivity contribution >= 4 is 0 Å². The first kappa shape index (κ1) is 17.0. The Morgan fingerprint density at radius 1 is 0.900 bits per heavy atom. The van der Waals surface area contributed by atoms with Crippen LogP contribution in [0.1, 0.15) is 46.1 Å². The van der Waals surface area contributed by atoms with Crippen molar-refractivity contribution < 1.29 is 4.74 Å². The van der Waals surface area contributed by atoms with E-state index in [1.54, 1.807) is 7.11 Å². The Hall–Kier alpha value is -1.02. The summed E-state index contributed by atoms with van der Waals surface area (Å²) in [5, 5.41) is 0. The first-order valence-electron chi connectivity index (χ1n) is 7.86. The highest BCUT2D eigenvalue weighted by Crippen LogP contribution is 2.15. The van der Waals surface area contributed by atoms with E-state index in [0.29, 0.717) is 0 Å². The van der Waals surface area contributed by atoms with Crippen molar-refractivity contribution in [2.24, 2.45) is 11.8 Å². The third-order valence-electron chi connectivity index (χ3n) is 3.61. The summed E-state index contributed by atoms with van der Waals surface area (Å²) in [4.78, 5) is 2.59. The molecule has 20 heavy (non-hydrogen) atoms. The third kappa shape index (κ3) is 6.95. The summed E-state index contributed by atoms with van der Waals surface area (Å²) < 4.78 is 5.22. The van der Waals surface area contributed by atoms with Crippen LogP contribution >= 0.6 is 0 Å². The summed E-state index contributed by atoms with van der Waals surface area (Å²) >= 11 is 0. The van der Waals surface area contributed by atoms with E-state index in [1.807, 2.05) is 0 Å². The molecule has 0 atom stereocenters. The van der Waals surface area contributed by atoms with E-state index in [0.717, 1.165) is 24.1 Å². The summed E-state index contributed by atoms with van der Waals surface area (Å²) in [6, 6.07) is 8.46. The van der Waals surface area contributed by atoms with E-state index < -0.39 is 0 Å². The summed E-state index contributed by atoms with van der Waals surface area (Å²) in [6.07, 6.45) is 2.54. The second-order valence-corrected chi connectivity index (χ2v) is 6.49. The van der Waals surface area contributed by atoms with E-state index in [2.05, 4.69) is 56.9 Å². The van der Waals surface area contributed by atoms with Gasteiger partial charge in [0.25, 0.3) is 0 Å². The smallest absolute Gasteiger partial charge is 0.118 e. The van der Waals surface area contributed by atoms with Crippen molar-refractivity contribution in [3.8, 4) is 5.75 Å². The Bertz CT molecular complexity index is 344. The maximum absolute atomic E-state index is 5.22. The van der Waals surface area contributed by atoms with E-state index in [4.69, 9.17) is 4.74 Å². The SMILES string of the molecule is COc1ccc(CN(CCC(C)C)CCC(C)C)cc1. The summed E-state index contributed by atoms with van der Waals surface area (Å²) in [5.74, 6) is 2.48. The maximum atomic E-state index is 5.22. The van der Waals surface area contributed by atoms with Gasteiger partial charge in [-0.25, -0.2) is 0 Å². The van der Waals surface area contributed by atoms with Crippen molar-refractivity contribution in [3.05, 3.63) is 29.8 Å². The molecule has 0 fully saturated rings. The number of hydrogen-bond acceptors (Lipinski definition) is 2. The predicted octanol–water partition coefficient (Wildman–Crippen LogP) is 4.59. The average Bonchev–Trinajstić information content (AvgIpc) is 2.42. The summed E-state index contributed by atoms with van der Waals surface area (Å²) in [7, 11) is 1.71. The first-order chi connectivity index (χ1) is 9.51. The molecule has 0 aliphatic rings. The molecule has 0 radical (unpaired) electrons. The zero-order valence-corrected chi connectivity index (χ0v) is 13.9. The Labute approximate surface area is 125 Å². The highest BCUT2D eigenvalue weighted by Gasteiger charge is 2.08. The number of rotatable bonds is 9. The van der Waals surface area contributed by atoms with E-state index in [-0.39, 0.29) is 0 Å². The number of benzene rings is 1. The summed E-state index contributed by atoms with van der Waals surface area (Å²) in [6.45, 7) is 12.6. The third-order valence-corrected chi connectivity index (χ3v) is 3.61. The molecule has 114 valence electrons. The van der Waals surface area contributed by atoms with Gasteiger partial charge < -0.3 is 4.74 Å². The Kier molecular flexibility index (Phi) is 7.68. The molecule has 0 unspecified atom stereocenters. The minimum atomic E-state index is 0.771. The van der Waals surface area contributed by atoms with E-state index in [9.17, 15) is 0 Å². The second kappa shape index (κ2) is 9.02. The Morgan fingerprint density at radius 2 is 1.40 bits per heavy atom. The molecule has 1 aromatic carbocycles. The van der Waals surface area contributed by atoms with Crippen molar-refractivity contribution in [1.82, 2.24) is 4.90 Å². The fourth-order valence-electron chi connectivity index (χ4n) is 2.14.